The van der Waals surface area contributed by atoms with E-state index in [2.05, 4.69) is 38.0 Å². The lowest BCUT2D eigenvalue weighted by atomic mass is 9.89. The first kappa shape index (κ1) is 12.0. The molecule has 1 fully saturated rings. The van der Waals surface area contributed by atoms with Gasteiger partial charge in [-0.05, 0) is 32.4 Å². The van der Waals surface area contributed by atoms with Crippen LogP contribution in [0.3, 0.4) is 0 Å². The SMILES string of the molecule is CCNCC(C(C)C)N(C)C1CCC1. The van der Waals surface area contributed by atoms with Crippen molar-refractivity contribution < 1.29 is 0 Å². The molecule has 0 amide bonds. The van der Waals surface area contributed by atoms with E-state index in [0.29, 0.717) is 6.04 Å². The maximum Gasteiger partial charge on any atom is 0.0243 e. The van der Waals surface area contributed by atoms with E-state index >= 15 is 0 Å². The summed E-state index contributed by atoms with van der Waals surface area (Å²) in [5.74, 6) is 0.750. The van der Waals surface area contributed by atoms with Gasteiger partial charge in [0.25, 0.3) is 0 Å². The van der Waals surface area contributed by atoms with Crippen molar-refractivity contribution in [2.24, 2.45) is 5.92 Å². The number of hydrogen-bond acceptors (Lipinski definition) is 2. The molecule has 1 atom stereocenters. The Balaban J connectivity index is 2.38. The summed E-state index contributed by atoms with van der Waals surface area (Å²) in [4.78, 5) is 2.59. The van der Waals surface area contributed by atoms with Gasteiger partial charge in [-0.1, -0.05) is 27.2 Å². The largest absolute Gasteiger partial charge is 0.315 e. The first-order chi connectivity index (χ1) is 6.66. The van der Waals surface area contributed by atoms with Crippen LogP contribution < -0.4 is 5.32 Å². The number of hydrogen-bond donors (Lipinski definition) is 1. The molecule has 0 aliphatic heterocycles. The predicted octanol–water partition coefficient (Wildman–Crippen LogP) is 2.10. The Hall–Kier alpha value is -0.0800. The second-order valence-corrected chi connectivity index (χ2v) is 4.87. The Morgan fingerprint density at radius 3 is 2.36 bits per heavy atom. The van der Waals surface area contributed by atoms with Crippen molar-refractivity contribution in [3.8, 4) is 0 Å². The summed E-state index contributed by atoms with van der Waals surface area (Å²) in [5, 5.41) is 3.47. The number of nitrogens with one attached hydrogen (secondary N) is 1. The van der Waals surface area contributed by atoms with Crippen LogP contribution >= 0.6 is 0 Å². The molecule has 2 nitrogen and oxygen atoms in total. The topological polar surface area (TPSA) is 15.3 Å². The van der Waals surface area contributed by atoms with Gasteiger partial charge in [-0.2, -0.15) is 0 Å². The van der Waals surface area contributed by atoms with Gasteiger partial charge in [0.1, 0.15) is 0 Å². The lowest BCUT2D eigenvalue weighted by molar-refractivity contribution is 0.0843. The fourth-order valence-corrected chi connectivity index (χ4v) is 2.21. The lowest BCUT2D eigenvalue weighted by Gasteiger charge is -2.41. The van der Waals surface area contributed by atoms with E-state index in [1.807, 2.05) is 0 Å². The minimum Gasteiger partial charge on any atom is -0.315 e. The summed E-state index contributed by atoms with van der Waals surface area (Å²) >= 11 is 0. The van der Waals surface area contributed by atoms with Gasteiger partial charge < -0.3 is 5.32 Å². The van der Waals surface area contributed by atoms with Crippen molar-refractivity contribution >= 4 is 0 Å². The fourth-order valence-electron chi connectivity index (χ4n) is 2.21. The van der Waals surface area contributed by atoms with E-state index in [9.17, 15) is 0 Å². The zero-order valence-corrected chi connectivity index (χ0v) is 10.2. The smallest absolute Gasteiger partial charge is 0.0243 e. The summed E-state index contributed by atoms with van der Waals surface area (Å²) in [7, 11) is 2.30. The van der Waals surface area contributed by atoms with Crippen molar-refractivity contribution in [2.75, 3.05) is 20.1 Å². The van der Waals surface area contributed by atoms with Gasteiger partial charge in [0.15, 0.2) is 0 Å². The third kappa shape index (κ3) is 2.96. The van der Waals surface area contributed by atoms with Crippen molar-refractivity contribution in [1.82, 2.24) is 10.2 Å². The van der Waals surface area contributed by atoms with E-state index in [1.54, 1.807) is 0 Å². The second kappa shape index (κ2) is 5.72. The van der Waals surface area contributed by atoms with Crippen LogP contribution in [0.4, 0.5) is 0 Å². The Labute approximate surface area is 89.1 Å². The van der Waals surface area contributed by atoms with Gasteiger partial charge in [0.05, 0.1) is 0 Å². The number of rotatable bonds is 6. The summed E-state index contributed by atoms with van der Waals surface area (Å²) in [6.07, 6.45) is 4.25. The molecule has 1 aliphatic rings. The molecule has 0 aromatic rings. The molecule has 2 heteroatoms. The van der Waals surface area contributed by atoms with E-state index in [1.165, 1.54) is 19.3 Å². The Bertz CT molecular complexity index is 152. The van der Waals surface area contributed by atoms with Crippen molar-refractivity contribution in [2.45, 2.75) is 52.1 Å². The average Bonchev–Trinajstić information content (AvgIpc) is 2.01. The standard InChI is InChI=1S/C12H26N2/c1-5-13-9-12(10(2)3)14(4)11-7-6-8-11/h10-13H,5-9H2,1-4H3. The highest BCUT2D eigenvalue weighted by Gasteiger charge is 2.28. The monoisotopic (exact) mass is 198 g/mol. The van der Waals surface area contributed by atoms with Gasteiger partial charge >= 0.3 is 0 Å². The summed E-state index contributed by atoms with van der Waals surface area (Å²) < 4.78 is 0. The summed E-state index contributed by atoms with van der Waals surface area (Å²) in [5.41, 5.74) is 0. The normalized spacial score (nSPS) is 20.1. The molecule has 0 aromatic carbocycles. The predicted molar refractivity (Wildman–Crippen MR) is 62.6 cm³/mol. The van der Waals surface area contributed by atoms with Crippen molar-refractivity contribution in [3.63, 3.8) is 0 Å². The summed E-state index contributed by atoms with van der Waals surface area (Å²) in [6, 6.07) is 1.57. The van der Waals surface area contributed by atoms with Crippen LogP contribution in [0.25, 0.3) is 0 Å². The number of likely N-dealkylation sites (N-methyl/N-ethyl adjacent to an activating group) is 2. The second-order valence-electron chi connectivity index (χ2n) is 4.87. The quantitative estimate of drug-likeness (QED) is 0.703. The molecule has 1 saturated carbocycles. The Kier molecular flexibility index (Phi) is 4.90. The van der Waals surface area contributed by atoms with Crippen molar-refractivity contribution in [3.05, 3.63) is 0 Å². The first-order valence-electron chi connectivity index (χ1n) is 6.09. The van der Waals surface area contributed by atoms with Crippen molar-refractivity contribution in [1.29, 1.82) is 0 Å². The van der Waals surface area contributed by atoms with Crippen LogP contribution in [0.5, 0.6) is 0 Å². The molecule has 1 rings (SSSR count). The molecule has 84 valence electrons. The van der Waals surface area contributed by atoms with Crippen LogP contribution in [-0.4, -0.2) is 37.1 Å². The van der Waals surface area contributed by atoms with Gasteiger partial charge in [0.2, 0.25) is 0 Å². The molecule has 0 heterocycles. The van der Waals surface area contributed by atoms with Gasteiger partial charge in [-0.25, -0.2) is 0 Å². The molecule has 0 saturated heterocycles. The van der Waals surface area contributed by atoms with E-state index in [-0.39, 0.29) is 0 Å². The Morgan fingerprint density at radius 2 is 2.00 bits per heavy atom. The zero-order chi connectivity index (χ0) is 10.6. The minimum absolute atomic E-state index is 0.709. The highest BCUT2D eigenvalue weighted by atomic mass is 15.2. The third-order valence-corrected chi connectivity index (χ3v) is 3.55. The van der Waals surface area contributed by atoms with Crippen LogP contribution in [-0.2, 0) is 0 Å². The van der Waals surface area contributed by atoms with E-state index in [0.717, 1.165) is 25.0 Å². The highest BCUT2D eigenvalue weighted by Crippen LogP contribution is 2.26. The molecule has 1 N–H and O–H groups in total. The van der Waals surface area contributed by atoms with Gasteiger partial charge in [-0.15, -0.1) is 0 Å². The third-order valence-electron chi connectivity index (χ3n) is 3.55. The molecule has 0 radical (unpaired) electrons. The molecular weight excluding hydrogens is 172 g/mol. The maximum atomic E-state index is 3.47. The van der Waals surface area contributed by atoms with Crippen LogP contribution in [0.15, 0.2) is 0 Å². The number of nitrogens with zero attached hydrogens (tertiary/aromatic N) is 1. The van der Waals surface area contributed by atoms with Gasteiger partial charge in [0, 0.05) is 18.6 Å². The maximum absolute atomic E-state index is 3.47. The molecule has 0 spiro atoms. The average molecular weight is 198 g/mol. The van der Waals surface area contributed by atoms with Crippen LogP contribution in [0, 0.1) is 5.92 Å². The van der Waals surface area contributed by atoms with E-state index in [4.69, 9.17) is 0 Å². The molecule has 0 aromatic heterocycles. The highest BCUT2D eigenvalue weighted by molar-refractivity contribution is 4.85. The minimum atomic E-state index is 0.709. The molecule has 1 aliphatic carbocycles. The molecule has 0 bridgehead atoms. The Morgan fingerprint density at radius 1 is 1.36 bits per heavy atom. The van der Waals surface area contributed by atoms with Crippen LogP contribution in [0.1, 0.15) is 40.0 Å². The van der Waals surface area contributed by atoms with E-state index < -0.39 is 0 Å². The fraction of sp³-hybridized carbons (Fsp3) is 1.00. The molecular formula is C12H26N2. The summed E-state index contributed by atoms with van der Waals surface area (Å²) in [6.45, 7) is 9.07. The van der Waals surface area contributed by atoms with Gasteiger partial charge in [-0.3, -0.25) is 4.90 Å². The first-order valence-corrected chi connectivity index (χ1v) is 6.09. The van der Waals surface area contributed by atoms with Crippen LogP contribution in [0.2, 0.25) is 0 Å². The molecule has 14 heavy (non-hydrogen) atoms. The lowest BCUT2D eigenvalue weighted by Crippen LogP contribution is -2.50. The molecule has 1 unspecified atom stereocenters. The zero-order valence-electron chi connectivity index (χ0n) is 10.2.